The number of amides is 1. The van der Waals surface area contributed by atoms with Crippen LogP contribution in [0.25, 0.3) is 4.96 Å². The largest absolute Gasteiger partial charge is 0.458 e. The maximum absolute atomic E-state index is 12.9. The van der Waals surface area contributed by atoms with Crippen molar-refractivity contribution in [2.24, 2.45) is 0 Å². The Morgan fingerprint density at radius 1 is 1.09 bits per heavy atom. The molecule has 32 heavy (non-hydrogen) atoms. The lowest BCUT2D eigenvalue weighted by molar-refractivity contribution is -0.147. The van der Waals surface area contributed by atoms with Crippen LogP contribution in [0.5, 0.6) is 0 Å². The molecule has 0 saturated carbocycles. The van der Waals surface area contributed by atoms with E-state index in [1.165, 1.54) is 21.9 Å². The number of rotatable bonds is 7. The SMILES string of the molecule is Cc1nn2c(=O)cc(COC(=O)C(Cc3ccccc3)NC(=O)c3ccccc3)nc2s1. The van der Waals surface area contributed by atoms with E-state index in [-0.39, 0.29) is 24.5 Å². The molecule has 0 fully saturated rings. The van der Waals surface area contributed by atoms with Gasteiger partial charge >= 0.3 is 5.97 Å². The summed E-state index contributed by atoms with van der Waals surface area (Å²) in [5, 5.41) is 7.55. The summed E-state index contributed by atoms with van der Waals surface area (Å²) >= 11 is 1.27. The number of fused-ring (bicyclic) bond motifs is 1. The van der Waals surface area contributed by atoms with Gasteiger partial charge in [-0.05, 0) is 24.6 Å². The van der Waals surface area contributed by atoms with Gasteiger partial charge in [-0.1, -0.05) is 59.9 Å². The molecule has 162 valence electrons. The Morgan fingerprint density at radius 2 is 1.78 bits per heavy atom. The van der Waals surface area contributed by atoms with Crippen LogP contribution in [0.3, 0.4) is 0 Å². The highest BCUT2D eigenvalue weighted by Gasteiger charge is 2.24. The highest BCUT2D eigenvalue weighted by atomic mass is 32.1. The lowest BCUT2D eigenvalue weighted by atomic mass is 10.1. The minimum atomic E-state index is -0.902. The molecule has 9 heteroatoms. The quantitative estimate of drug-likeness (QED) is 0.436. The van der Waals surface area contributed by atoms with Crippen LogP contribution in [0.15, 0.2) is 71.5 Å². The van der Waals surface area contributed by atoms with Gasteiger partial charge in [0, 0.05) is 18.1 Å². The van der Waals surface area contributed by atoms with Gasteiger partial charge in [0.15, 0.2) is 0 Å². The molecule has 8 nitrogen and oxygen atoms in total. The Bertz CT molecular complexity index is 1300. The van der Waals surface area contributed by atoms with Crippen molar-refractivity contribution < 1.29 is 14.3 Å². The number of hydrogen-bond donors (Lipinski definition) is 1. The lowest BCUT2D eigenvalue weighted by Crippen LogP contribution is -2.43. The number of nitrogens with one attached hydrogen (secondary N) is 1. The first kappa shape index (κ1) is 21.4. The summed E-state index contributed by atoms with van der Waals surface area (Å²) in [7, 11) is 0. The molecule has 1 unspecified atom stereocenters. The summed E-state index contributed by atoms with van der Waals surface area (Å²) in [4.78, 5) is 42.5. The van der Waals surface area contributed by atoms with Gasteiger partial charge in [0.25, 0.3) is 11.5 Å². The maximum Gasteiger partial charge on any atom is 0.329 e. The molecule has 0 bridgehead atoms. The van der Waals surface area contributed by atoms with E-state index in [2.05, 4.69) is 15.4 Å². The molecule has 0 aliphatic heterocycles. The van der Waals surface area contributed by atoms with E-state index >= 15 is 0 Å². The molecule has 0 spiro atoms. The molecule has 2 aromatic carbocycles. The molecular weight excluding hydrogens is 428 g/mol. The fraction of sp³-hybridized carbons (Fsp3) is 0.174. The van der Waals surface area contributed by atoms with Gasteiger partial charge < -0.3 is 10.1 Å². The fourth-order valence-corrected chi connectivity index (χ4v) is 3.91. The summed E-state index contributed by atoms with van der Waals surface area (Å²) < 4.78 is 6.64. The molecule has 4 aromatic rings. The van der Waals surface area contributed by atoms with E-state index in [1.807, 2.05) is 36.4 Å². The lowest BCUT2D eigenvalue weighted by Gasteiger charge is -2.18. The highest BCUT2D eigenvalue weighted by Crippen LogP contribution is 2.11. The molecule has 0 radical (unpaired) electrons. The summed E-state index contributed by atoms with van der Waals surface area (Å²) in [5.41, 5.74) is 1.29. The molecule has 2 aromatic heterocycles. The summed E-state index contributed by atoms with van der Waals surface area (Å²) in [6.07, 6.45) is 0.265. The van der Waals surface area contributed by atoms with Crippen molar-refractivity contribution in [1.82, 2.24) is 19.9 Å². The molecular formula is C23H20N4O4S. The number of esters is 1. The van der Waals surface area contributed by atoms with Crippen LogP contribution in [0.1, 0.15) is 26.6 Å². The van der Waals surface area contributed by atoms with Crippen LogP contribution < -0.4 is 10.9 Å². The zero-order chi connectivity index (χ0) is 22.5. The third-order valence-corrected chi connectivity index (χ3v) is 5.49. The molecule has 0 aliphatic carbocycles. The van der Waals surface area contributed by atoms with E-state index in [0.717, 1.165) is 5.56 Å². The number of hydrogen-bond acceptors (Lipinski definition) is 7. The zero-order valence-electron chi connectivity index (χ0n) is 17.2. The van der Waals surface area contributed by atoms with Gasteiger partial charge in [-0.15, -0.1) is 0 Å². The second kappa shape index (κ2) is 9.52. The highest BCUT2D eigenvalue weighted by molar-refractivity contribution is 7.16. The van der Waals surface area contributed by atoms with E-state index in [4.69, 9.17) is 4.74 Å². The van der Waals surface area contributed by atoms with Crippen molar-refractivity contribution in [2.75, 3.05) is 0 Å². The van der Waals surface area contributed by atoms with E-state index < -0.39 is 12.0 Å². The van der Waals surface area contributed by atoms with Crippen LogP contribution in [-0.2, 0) is 22.6 Å². The molecule has 1 atom stereocenters. The normalized spacial score (nSPS) is 11.8. The predicted octanol–water partition coefficient (Wildman–Crippen LogP) is 2.54. The Balaban J connectivity index is 1.50. The number of carbonyl (C=O) groups is 2. The number of nitrogens with zero attached hydrogens (tertiary/aromatic N) is 3. The number of carbonyl (C=O) groups excluding carboxylic acids is 2. The second-order valence-electron chi connectivity index (χ2n) is 7.09. The van der Waals surface area contributed by atoms with Crippen molar-refractivity contribution in [1.29, 1.82) is 0 Å². The van der Waals surface area contributed by atoms with Gasteiger partial charge in [-0.25, -0.2) is 9.78 Å². The monoisotopic (exact) mass is 448 g/mol. The smallest absolute Gasteiger partial charge is 0.329 e. The first-order valence-electron chi connectivity index (χ1n) is 9.92. The van der Waals surface area contributed by atoms with Crippen molar-refractivity contribution in [3.8, 4) is 0 Å². The number of benzene rings is 2. The van der Waals surface area contributed by atoms with Crippen LogP contribution in [0.4, 0.5) is 0 Å². The predicted molar refractivity (Wildman–Crippen MR) is 120 cm³/mol. The van der Waals surface area contributed by atoms with Gasteiger partial charge in [0.05, 0.1) is 5.69 Å². The minimum absolute atomic E-state index is 0.186. The third kappa shape index (κ3) is 5.06. The molecule has 0 aliphatic rings. The average Bonchev–Trinajstić information content (AvgIpc) is 3.19. The molecule has 4 rings (SSSR count). The van der Waals surface area contributed by atoms with Crippen molar-refractivity contribution in [2.45, 2.75) is 26.0 Å². The van der Waals surface area contributed by atoms with Gasteiger partial charge in [-0.3, -0.25) is 9.59 Å². The fourth-order valence-electron chi connectivity index (χ4n) is 3.15. The molecule has 0 saturated heterocycles. The Morgan fingerprint density at radius 3 is 2.50 bits per heavy atom. The van der Waals surface area contributed by atoms with Crippen molar-refractivity contribution >= 4 is 28.2 Å². The Kier molecular flexibility index (Phi) is 6.37. The van der Waals surface area contributed by atoms with E-state index in [1.54, 1.807) is 31.2 Å². The van der Waals surface area contributed by atoms with Gasteiger partial charge in [-0.2, -0.15) is 9.61 Å². The summed E-state index contributed by atoms with van der Waals surface area (Å²) in [5.74, 6) is -0.984. The Labute approximate surface area is 187 Å². The van der Waals surface area contributed by atoms with Crippen LogP contribution >= 0.6 is 11.3 Å². The van der Waals surface area contributed by atoms with Crippen LogP contribution in [0.2, 0.25) is 0 Å². The average molecular weight is 449 g/mol. The zero-order valence-corrected chi connectivity index (χ0v) is 18.0. The second-order valence-corrected chi connectivity index (χ2v) is 8.25. The topological polar surface area (TPSA) is 103 Å². The van der Waals surface area contributed by atoms with E-state index in [9.17, 15) is 14.4 Å². The Hall–Kier alpha value is -3.85. The van der Waals surface area contributed by atoms with Gasteiger partial charge in [0.2, 0.25) is 4.96 Å². The van der Waals surface area contributed by atoms with E-state index in [0.29, 0.717) is 21.2 Å². The third-order valence-electron chi connectivity index (χ3n) is 4.67. The molecule has 1 amide bonds. The number of aryl methyl sites for hydroxylation is 1. The van der Waals surface area contributed by atoms with Crippen molar-refractivity contribution in [3.63, 3.8) is 0 Å². The number of ether oxygens (including phenoxy) is 1. The minimum Gasteiger partial charge on any atom is -0.458 e. The van der Waals surface area contributed by atoms with Gasteiger partial charge in [0.1, 0.15) is 17.7 Å². The molecule has 1 N–H and O–H groups in total. The summed E-state index contributed by atoms with van der Waals surface area (Å²) in [6.45, 7) is 1.59. The van der Waals surface area contributed by atoms with Crippen molar-refractivity contribution in [3.05, 3.63) is 98.9 Å². The standard InChI is InChI=1S/C23H20N4O4S/c1-15-26-27-20(28)13-18(24-23(27)32-15)14-31-22(30)19(12-16-8-4-2-5-9-16)25-21(29)17-10-6-3-7-11-17/h2-11,13,19H,12,14H2,1H3,(H,25,29). The first-order valence-corrected chi connectivity index (χ1v) is 10.7. The first-order chi connectivity index (χ1) is 15.5. The maximum atomic E-state index is 12.9. The van der Waals surface area contributed by atoms with Crippen LogP contribution in [0, 0.1) is 6.92 Å². The molecule has 2 heterocycles. The summed E-state index contributed by atoms with van der Waals surface area (Å²) in [6, 6.07) is 18.4. The number of aromatic nitrogens is 3. The van der Waals surface area contributed by atoms with Crippen LogP contribution in [-0.4, -0.2) is 32.5 Å².